The number of nitrogens with zero attached hydrogens (tertiary/aromatic N) is 3. The van der Waals surface area contributed by atoms with Crippen molar-refractivity contribution in [2.45, 2.75) is 31.6 Å². The van der Waals surface area contributed by atoms with Crippen LogP contribution in [0.25, 0.3) is 0 Å². The molecule has 1 aromatic heterocycles. The summed E-state index contributed by atoms with van der Waals surface area (Å²) in [5.74, 6) is 0.759. The molecule has 27 heavy (non-hydrogen) atoms. The standard InChI is InChI=1S/C20H23N5O2/c21-19(26)15-3-1-2-4-17(15)22-20(27)14-9-11-25(12-10-14)18-8-7-16(23-24-18)13-5-6-13/h1-4,7-8,13-14H,5-6,9-12H2,(H2,21,26)(H,22,27). The van der Waals surface area contributed by atoms with Crippen molar-refractivity contribution in [1.29, 1.82) is 0 Å². The number of nitrogens with one attached hydrogen (secondary N) is 1. The van der Waals surface area contributed by atoms with Gasteiger partial charge < -0.3 is 16.0 Å². The number of hydrogen-bond donors (Lipinski definition) is 2. The van der Waals surface area contributed by atoms with Gasteiger partial charge in [-0.2, -0.15) is 5.10 Å². The Morgan fingerprint density at radius 2 is 1.74 bits per heavy atom. The molecule has 2 fully saturated rings. The van der Waals surface area contributed by atoms with Gasteiger partial charge in [-0.05, 0) is 49.9 Å². The molecule has 2 amide bonds. The third kappa shape index (κ3) is 3.92. The zero-order valence-electron chi connectivity index (χ0n) is 15.1. The minimum Gasteiger partial charge on any atom is -0.366 e. The molecular weight excluding hydrogens is 342 g/mol. The Kier molecular flexibility index (Phi) is 4.75. The number of benzene rings is 1. The van der Waals surface area contributed by atoms with Crippen molar-refractivity contribution in [3.05, 3.63) is 47.7 Å². The van der Waals surface area contributed by atoms with Crippen LogP contribution in [0.3, 0.4) is 0 Å². The third-order valence-electron chi connectivity index (χ3n) is 5.31. The molecule has 2 heterocycles. The fourth-order valence-electron chi connectivity index (χ4n) is 3.51. The number of carbonyl (C=O) groups is 2. The van der Waals surface area contributed by atoms with Crippen molar-refractivity contribution in [3.63, 3.8) is 0 Å². The van der Waals surface area contributed by atoms with Crippen molar-refractivity contribution in [1.82, 2.24) is 10.2 Å². The van der Waals surface area contributed by atoms with E-state index in [4.69, 9.17) is 5.73 Å². The van der Waals surface area contributed by atoms with Gasteiger partial charge in [0.15, 0.2) is 5.82 Å². The average Bonchev–Trinajstić information content (AvgIpc) is 3.54. The van der Waals surface area contributed by atoms with Crippen LogP contribution in [0.4, 0.5) is 11.5 Å². The van der Waals surface area contributed by atoms with Crippen LogP contribution in [-0.4, -0.2) is 35.1 Å². The van der Waals surface area contributed by atoms with Crippen LogP contribution in [0.5, 0.6) is 0 Å². The van der Waals surface area contributed by atoms with Crippen LogP contribution in [-0.2, 0) is 4.79 Å². The first-order chi connectivity index (χ1) is 13.1. The van der Waals surface area contributed by atoms with E-state index in [1.54, 1.807) is 24.3 Å². The van der Waals surface area contributed by atoms with Gasteiger partial charge in [0.1, 0.15) is 0 Å². The van der Waals surface area contributed by atoms with Gasteiger partial charge in [-0.25, -0.2) is 0 Å². The highest BCUT2D eigenvalue weighted by atomic mass is 16.2. The maximum atomic E-state index is 12.6. The highest BCUT2D eigenvalue weighted by Crippen LogP contribution is 2.38. The van der Waals surface area contributed by atoms with E-state index in [0.717, 1.165) is 37.4 Å². The van der Waals surface area contributed by atoms with E-state index in [0.29, 0.717) is 17.2 Å². The van der Waals surface area contributed by atoms with Gasteiger partial charge in [0.2, 0.25) is 5.91 Å². The highest BCUT2D eigenvalue weighted by molar-refractivity contribution is 6.03. The molecule has 3 N–H and O–H groups in total. The number of carbonyl (C=O) groups excluding carboxylic acids is 2. The van der Waals surface area contributed by atoms with Crippen molar-refractivity contribution in [2.24, 2.45) is 11.7 Å². The normalized spacial score (nSPS) is 17.6. The molecule has 0 atom stereocenters. The molecule has 0 radical (unpaired) electrons. The van der Waals surface area contributed by atoms with Crippen LogP contribution in [0, 0.1) is 5.92 Å². The number of amides is 2. The molecule has 140 valence electrons. The Balaban J connectivity index is 1.34. The third-order valence-corrected chi connectivity index (χ3v) is 5.31. The molecule has 7 nitrogen and oxygen atoms in total. The molecule has 0 bridgehead atoms. The quantitative estimate of drug-likeness (QED) is 0.847. The molecule has 0 spiro atoms. The number of para-hydroxylation sites is 1. The summed E-state index contributed by atoms with van der Waals surface area (Å²) in [6.45, 7) is 1.51. The molecule has 1 aliphatic carbocycles. The molecule has 1 saturated carbocycles. The van der Waals surface area contributed by atoms with Crippen LogP contribution in [0.2, 0.25) is 0 Å². The first-order valence-corrected chi connectivity index (χ1v) is 9.40. The Bertz CT molecular complexity index is 840. The number of primary amides is 1. The largest absolute Gasteiger partial charge is 0.366 e. The predicted octanol–water partition coefficient (Wildman–Crippen LogP) is 2.31. The Morgan fingerprint density at radius 1 is 1.00 bits per heavy atom. The Morgan fingerprint density at radius 3 is 2.37 bits per heavy atom. The summed E-state index contributed by atoms with van der Waals surface area (Å²) < 4.78 is 0. The summed E-state index contributed by atoms with van der Waals surface area (Å²) in [6, 6.07) is 10.9. The van der Waals surface area contributed by atoms with Crippen LogP contribution < -0.4 is 16.0 Å². The predicted molar refractivity (Wildman–Crippen MR) is 103 cm³/mol. The zero-order chi connectivity index (χ0) is 18.8. The number of rotatable bonds is 5. The Labute approximate surface area is 158 Å². The second kappa shape index (κ2) is 7.34. The summed E-state index contributed by atoms with van der Waals surface area (Å²) >= 11 is 0. The van der Waals surface area contributed by atoms with Gasteiger partial charge in [-0.1, -0.05) is 12.1 Å². The van der Waals surface area contributed by atoms with Gasteiger partial charge in [0.25, 0.3) is 5.91 Å². The molecule has 0 unspecified atom stereocenters. The van der Waals surface area contributed by atoms with E-state index in [1.807, 2.05) is 6.07 Å². The van der Waals surface area contributed by atoms with Crippen molar-refractivity contribution < 1.29 is 9.59 Å². The van der Waals surface area contributed by atoms with E-state index in [9.17, 15) is 9.59 Å². The minimum atomic E-state index is -0.547. The van der Waals surface area contributed by atoms with Gasteiger partial charge in [0.05, 0.1) is 16.9 Å². The lowest BCUT2D eigenvalue weighted by atomic mass is 9.95. The number of aromatic nitrogens is 2. The molecule has 2 aliphatic rings. The van der Waals surface area contributed by atoms with Crippen LogP contribution in [0.1, 0.15) is 47.7 Å². The molecule has 2 aromatic rings. The summed E-state index contributed by atoms with van der Waals surface area (Å²) in [5, 5.41) is 11.6. The maximum absolute atomic E-state index is 12.6. The van der Waals surface area contributed by atoms with Crippen LogP contribution in [0.15, 0.2) is 36.4 Å². The van der Waals surface area contributed by atoms with Crippen molar-refractivity contribution in [2.75, 3.05) is 23.3 Å². The average molecular weight is 365 g/mol. The number of hydrogen-bond acceptors (Lipinski definition) is 5. The molecule has 4 rings (SSSR count). The van der Waals surface area contributed by atoms with E-state index in [1.165, 1.54) is 12.8 Å². The SMILES string of the molecule is NC(=O)c1ccccc1NC(=O)C1CCN(c2ccc(C3CC3)nn2)CC1. The fourth-order valence-corrected chi connectivity index (χ4v) is 3.51. The number of anilines is 2. The minimum absolute atomic E-state index is 0.0708. The second-order valence-corrected chi connectivity index (χ2v) is 7.25. The maximum Gasteiger partial charge on any atom is 0.250 e. The molecular formula is C20H23N5O2. The first kappa shape index (κ1) is 17.5. The lowest BCUT2D eigenvalue weighted by molar-refractivity contribution is -0.120. The van der Waals surface area contributed by atoms with Gasteiger partial charge in [-0.15, -0.1) is 5.10 Å². The molecule has 1 aromatic carbocycles. The zero-order valence-corrected chi connectivity index (χ0v) is 15.1. The summed E-state index contributed by atoms with van der Waals surface area (Å²) in [7, 11) is 0. The molecule has 1 aliphatic heterocycles. The van der Waals surface area contributed by atoms with E-state index in [2.05, 4.69) is 26.5 Å². The monoisotopic (exact) mass is 365 g/mol. The highest BCUT2D eigenvalue weighted by Gasteiger charge is 2.28. The molecule has 7 heteroatoms. The summed E-state index contributed by atoms with van der Waals surface area (Å²) in [5.41, 5.74) is 7.26. The smallest absolute Gasteiger partial charge is 0.250 e. The summed E-state index contributed by atoms with van der Waals surface area (Å²) in [6.07, 6.45) is 3.90. The lowest BCUT2D eigenvalue weighted by Gasteiger charge is -2.32. The van der Waals surface area contributed by atoms with Gasteiger partial charge in [0, 0.05) is 24.9 Å². The van der Waals surface area contributed by atoms with Crippen molar-refractivity contribution in [3.8, 4) is 0 Å². The van der Waals surface area contributed by atoms with Crippen molar-refractivity contribution >= 4 is 23.3 Å². The van der Waals surface area contributed by atoms with Gasteiger partial charge >= 0.3 is 0 Å². The second-order valence-electron chi connectivity index (χ2n) is 7.25. The number of piperidine rings is 1. The lowest BCUT2D eigenvalue weighted by Crippen LogP contribution is -2.38. The van der Waals surface area contributed by atoms with E-state index < -0.39 is 5.91 Å². The van der Waals surface area contributed by atoms with Gasteiger partial charge in [-0.3, -0.25) is 9.59 Å². The topological polar surface area (TPSA) is 101 Å². The number of nitrogens with two attached hydrogens (primary N) is 1. The van der Waals surface area contributed by atoms with Crippen LogP contribution >= 0.6 is 0 Å². The molecule has 1 saturated heterocycles. The van der Waals surface area contributed by atoms with E-state index in [-0.39, 0.29) is 11.8 Å². The first-order valence-electron chi connectivity index (χ1n) is 9.40. The summed E-state index contributed by atoms with van der Waals surface area (Å²) in [4.78, 5) is 26.3. The fraction of sp³-hybridized carbons (Fsp3) is 0.400. The van der Waals surface area contributed by atoms with E-state index >= 15 is 0 Å². The Hall–Kier alpha value is -2.96.